The topological polar surface area (TPSA) is 3.24 Å². The van der Waals surface area contributed by atoms with Crippen molar-refractivity contribution in [1.29, 1.82) is 0 Å². The van der Waals surface area contributed by atoms with Crippen LogP contribution in [0.4, 0.5) is 0 Å². The molecule has 0 radical (unpaired) electrons. The predicted octanol–water partition coefficient (Wildman–Crippen LogP) is 6.94. The summed E-state index contributed by atoms with van der Waals surface area (Å²) < 4.78 is 2.43. The van der Waals surface area contributed by atoms with Crippen LogP contribution in [0.3, 0.4) is 0 Å². The summed E-state index contributed by atoms with van der Waals surface area (Å²) in [6.45, 7) is 14.4. The van der Waals surface area contributed by atoms with Crippen LogP contribution < -0.4 is 0 Å². The highest BCUT2D eigenvalue weighted by atomic mass is 35.5. The zero-order chi connectivity index (χ0) is 20.5. The van der Waals surface area contributed by atoms with Crippen molar-refractivity contribution in [3.05, 3.63) is 60.2 Å². The Kier molecular flexibility index (Phi) is 9.33. The summed E-state index contributed by atoms with van der Waals surface area (Å²) in [6, 6.07) is 14.5. The Morgan fingerprint density at radius 2 is 1.67 bits per heavy atom. The van der Waals surface area contributed by atoms with Gasteiger partial charge >= 0.3 is 0 Å². The minimum Gasteiger partial charge on any atom is -0.323 e. The lowest BCUT2D eigenvalue weighted by Gasteiger charge is -2.28. The molecular formula is C24H34ClNSi. The molecule has 0 bridgehead atoms. The van der Waals surface area contributed by atoms with Gasteiger partial charge in [0.25, 0.3) is 0 Å². The summed E-state index contributed by atoms with van der Waals surface area (Å²) in [5, 5.41) is 2.52. The Balaban J connectivity index is 0.000000274. The van der Waals surface area contributed by atoms with Crippen molar-refractivity contribution in [3.8, 4) is 11.8 Å². The minimum atomic E-state index is -1.12. The number of alkyl halides is 1. The second-order valence-corrected chi connectivity index (χ2v) is 14.1. The lowest BCUT2D eigenvalue weighted by Crippen LogP contribution is -2.42. The Hall–Kier alpha value is -1.53. The van der Waals surface area contributed by atoms with Gasteiger partial charge in [-0.1, -0.05) is 80.0 Å². The fourth-order valence-corrected chi connectivity index (χ4v) is 3.10. The van der Waals surface area contributed by atoms with E-state index in [0.717, 1.165) is 6.54 Å². The molecule has 0 fully saturated rings. The number of benzene rings is 2. The Morgan fingerprint density at radius 1 is 1.04 bits per heavy atom. The molecule has 146 valence electrons. The first-order chi connectivity index (χ1) is 12.5. The molecule has 0 saturated heterocycles. The van der Waals surface area contributed by atoms with Gasteiger partial charge in [0.05, 0.1) is 0 Å². The molecular weight excluding hydrogens is 366 g/mol. The predicted molar refractivity (Wildman–Crippen MR) is 126 cm³/mol. The van der Waals surface area contributed by atoms with Gasteiger partial charge in [0, 0.05) is 17.8 Å². The van der Waals surface area contributed by atoms with Crippen molar-refractivity contribution in [2.45, 2.75) is 46.3 Å². The van der Waals surface area contributed by atoms with Gasteiger partial charge in [-0.2, -0.15) is 0 Å². The van der Waals surface area contributed by atoms with Crippen LogP contribution in [0.1, 0.15) is 26.3 Å². The lowest BCUT2D eigenvalue weighted by atomic mass is 9.98. The van der Waals surface area contributed by atoms with Gasteiger partial charge in [-0.05, 0) is 50.2 Å². The number of hydrogen-bond acceptors (Lipinski definition) is 1. The van der Waals surface area contributed by atoms with E-state index in [2.05, 4.69) is 94.2 Å². The molecule has 0 aliphatic heterocycles. The molecule has 0 unspecified atom stereocenters. The third-order valence-electron chi connectivity index (χ3n) is 4.20. The largest absolute Gasteiger partial charge is 0.323 e. The molecule has 0 N–H and O–H groups in total. The van der Waals surface area contributed by atoms with Gasteiger partial charge in [0.2, 0.25) is 0 Å². The second-order valence-electron chi connectivity index (χ2n) is 8.74. The first-order valence-corrected chi connectivity index (χ1v) is 13.4. The fourth-order valence-electron chi connectivity index (χ4n) is 2.21. The summed E-state index contributed by atoms with van der Waals surface area (Å²) >= 11 is 5.81. The Morgan fingerprint density at radius 3 is 2.26 bits per heavy atom. The summed E-state index contributed by atoms with van der Waals surface area (Å²) in [4.78, 5) is 0. The van der Waals surface area contributed by atoms with Gasteiger partial charge in [0.1, 0.15) is 8.24 Å². The molecule has 27 heavy (non-hydrogen) atoms. The molecule has 2 rings (SSSR count). The van der Waals surface area contributed by atoms with Crippen molar-refractivity contribution >= 4 is 30.6 Å². The summed E-state index contributed by atoms with van der Waals surface area (Å²) in [5.74, 6) is 6.87. The average molecular weight is 400 g/mol. The highest BCUT2D eigenvalue weighted by Gasteiger charge is 2.17. The Labute approximate surface area is 172 Å². The molecule has 0 spiro atoms. The van der Waals surface area contributed by atoms with Gasteiger partial charge in [0.15, 0.2) is 0 Å². The number of fused-ring (bicyclic) bond motifs is 1. The van der Waals surface area contributed by atoms with Gasteiger partial charge in [-0.3, -0.25) is 0 Å². The van der Waals surface area contributed by atoms with Gasteiger partial charge < -0.3 is 4.57 Å². The third-order valence-corrected chi connectivity index (χ3v) is 6.96. The van der Waals surface area contributed by atoms with E-state index in [1.54, 1.807) is 0 Å². The van der Waals surface area contributed by atoms with E-state index in [1.165, 1.54) is 16.3 Å². The second kappa shape index (κ2) is 10.7. The number of allylic oxidation sites excluding steroid dienone is 1. The molecule has 0 amide bonds. The van der Waals surface area contributed by atoms with E-state index in [1.807, 2.05) is 24.3 Å². The van der Waals surface area contributed by atoms with Gasteiger partial charge in [-0.25, -0.2) is 0 Å². The van der Waals surface area contributed by atoms with Crippen molar-refractivity contribution in [3.63, 3.8) is 0 Å². The lowest BCUT2D eigenvalue weighted by molar-refractivity contribution is 0.568. The van der Waals surface area contributed by atoms with Crippen LogP contribution in [0.5, 0.6) is 0 Å². The van der Waals surface area contributed by atoms with E-state index in [4.69, 9.17) is 11.6 Å². The maximum absolute atomic E-state index is 5.81. The number of halogens is 1. The smallest absolute Gasteiger partial charge is 0.119 e. The molecule has 0 aromatic heterocycles. The standard InChI is InChI=1S/C13H25NSi.C11H9Cl/c1-13(2,3)11-9-8-10-12-14(4)15(5,6)7;12-8-10-6-3-5-9-4-1-2-7-11(9)10/h8,10H,12H2,1-7H3;1-7H,8H2/b10-8+;. The maximum atomic E-state index is 5.81. The van der Waals surface area contributed by atoms with Crippen LogP contribution in [0.25, 0.3) is 10.8 Å². The normalized spacial score (nSPS) is 11.9. The van der Waals surface area contributed by atoms with Crippen LogP contribution in [-0.2, 0) is 5.88 Å². The van der Waals surface area contributed by atoms with Gasteiger partial charge in [-0.15, -0.1) is 11.6 Å². The quantitative estimate of drug-likeness (QED) is 0.305. The molecule has 0 saturated carbocycles. The Bertz CT molecular complexity index is 795. The van der Waals surface area contributed by atoms with Crippen molar-refractivity contribution < 1.29 is 0 Å². The monoisotopic (exact) mass is 399 g/mol. The maximum Gasteiger partial charge on any atom is 0.119 e. The van der Waals surface area contributed by atoms with Crippen LogP contribution in [0.2, 0.25) is 19.6 Å². The molecule has 0 aliphatic rings. The summed E-state index contributed by atoms with van der Waals surface area (Å²) in [5.41, 5.74) is 1.31. The van der Waals surface area contributed by atoms with E-state index in [0.29, 0.717) is 5.88 Å². The zero-order valence-corrected chi connectivity index (χ0v) is 19.7. The summed E-state index contributed by atoms with van der Waals surface area (Å²) in [6.07, 6.45) is 4.12. The SMILES string of the molecule is CN(C/C=C/C#CC(C)(C)C)[Si](C)(C)C.ClCc1cccc2ccccc12. The van der Waals surface area contributed by atoms with Crippen LogP contribution in [0, 0.1) is 17.3 Å². The highest BCUT2D eigenvalue weighted by Crippen LogP contribution is 2.19. The van der Waals surface area contributed by atoms with Crippen molar-refractivity contribution in [1.82, 2.24) is 4.57 Å². The van der Waals surface area contributed by atoms with Crippen LogP contribution in [-0.4, -0.2) is 26.4 Å². The molecule has 3 heteroatoms. The van der Waals surface area contributed by atoms with E-state index in [9.17, 15) is 0 Å². The van der Waals surface area contributed by atoms with E-state index in [-0.39, 0.29) is 5.41 Å². The highest BCUT2D eigenvalue weighted by molar-refractivity contribution is 6.73. The molecule has 2 aromatic rings. The molecule has 1 nitrogen and oxygen atoms in total. The van der Waals surface area contributed by atoms with Crippen LogP contribution in [0.15, 0.2) is 54.6 Å². The molecule has 0 aliphatic carbocycles. The minimum absolute atomic E-state index is 0.106. The third kappa shape index (κ3) is 9.29. The van der Waals surface area contributed by atoms with Crippen LogP contribution >= 0.6 is 11.6 Å². The zero-order valence-electron chi connectivity index (χ0n) is 17.9. The van der Waals surface area contributed by atoms with Crippen molar-refractivity contribution in [2.24, 2.45) is 5.41 Å². The average Bonchev–Trinajstić information content (AvgIpc) is 2.59. The number of nitrogens with zero attached hydrogens (tertiary/aromatic N) is 1. The summed E-state index contributed by atoms with van der Waals surface area (Å²) in [7, 11) is 1.06. The van der Waals surface area contributed by atoms with E-state index < -0.39 is 8.24 Å². The molecule has 2 aromatic carbocycles. The number of hydrogen-bond donors (Lipinski definition) is 0. The number of rotatable bonds is 4. The first kappa shape index (κ1) is 23.5. The number of likely N-dealkylation sites (N-methyl/N-ethyl adjacent to an activating group) is 1. The first-order valence-electron chi connectivity index (χ1n) is 9.46. The molecule has 0 heterocycles. The van der Waals surface area contributed by atoms with E-state index >= 15 is 0 Å². The molecule has 0 atom stereocenters. The van der Waals surface area contributed by atoms with Crippen molar-refractivity contribution in [2.75, 3.05) is 13.6 Å². The fraction of sp³-hybridized carbons (Fsp3) is 0.417.